The highest BCUT2D eigenvalue weighted by molar-refractivity contribution is 6.04. The first-order valence-electron chi connectivity index (χ1n) is 9.41. The maximum Gasteiger partial charge on any atom is 0.336 e. The van der Waals surface area contributed by atoms with Crippen molar-refractivity contribution in [1.29, 1.82) is 0 Å². The Morgan fingerprint density at radius 1 is 1.31 bits per heavy atom. The molecule has 0 radical (unpaired) electrons. The van der Waals surface area contributed by atoms with Crippen LogP contribution in [0.1, 0.15) is 44.6 Å². The molecule has 1 aromatic carbocycles. The molecule has 1 N–H and O–H groups in total. The Morgan fingerprint density at radius 3 is 2.72 bits per heavy atom. The number of carbonyl (C=O) groups excluding carboxylic acids is 2. The van der Waals surface area contributed by atoms with Crippen LogP contribution in [0.5, 0.6) is 11.5 Å². The van der Waals surface area contributed by atoms with E-state index in [4.69, 9.17) is 14.2 Å². The van der Waals surface area contributed by atoms with Crippen LogP contribution in [0.4, 0.5) is 5.69 Å². The zero-order chi connectivity index (χ0) is 20.7. The fraction of sp³-hybridized carbons (Fsp3) is 0.400. The minimum Gasteiger partial charge on any atom is -0.463 e. The van der Waals surface area contributed by atoms with Gasteiger partial charge in [-0.3, -0.25) is 14.9 Å². The van der Waals surface area contributed by atoms with E-state index in [0.717, 1.165) is 0 Å². The summed E-state index contributed by atoms with van der Waals surface area (Å²) >= 11 is 0. The number of hydrogen-bond donors (Lipinski definition) is 1. The van der Waals surface area contributed by atoms with Gasteiger partial charge in [-0.05, 0) is 32.8 Å². The van der Waals surface area contributed by atoms with Crippen LogP contribution < -0.4 is 14.8 Å². The topological polar surface area (TPSA) is 117 Å². The molecule has 2 heterocycles. The number of allylic oxidation sites excluding steroid dienone is 3. The first-order chi connectivity index (χ1) is 13.9. The number of dihydropyridines is 1. The number of nitro benzene ring substituents is 1. The minimum absolute atomic E-state index is 0.0470. The zero-order valence-electron chi connectivity index (χ0n) is 16.1. The number of nitro groups is 1. The number of nitrogens with one attached hydrogen (secondary N) is 1. The van der Waals surface area contributed by atoms with Gasteiger partial charge in [-0.25, -0.2) is 4.79 Å². The highest BCUT2D eigenvalue weighted by Crippen LogP contribution is 2.48. The van der Waals surface area contributed by atoms with Crippen molar-refractivity contribution in [2.75, 3.05) is 13.4 Å². The lowest BCUT2D eigenvalue weighted by Gasteiger charge is -2.33. The second-order valence-electron chi connectivity index (χ2n) is 7.01. The Bertz CT molecular complexity index is 993. The van der Waals surface area contributed by atoms with Crippen LogP contribution in [0.15, 0.2) is 34.7 Å². The summed E-state index contributed by atoms with van der Waals surface area (Å²) in [5.41, 5.74) is 1.78. The van der Waals surface area contributed by atoms with E-state index in [1.54, 1.807) is 13.8 Å². The number of benzene rings is 1. The summed E-state index contributed by atoms with van der Waals surface area (Å²) in [5, 5.41) is 15.0. The predicted octanol–water partition coefficient (Wildman–Crippen LogP) is 2.85. The molecule has 0 amide bonds. The molecule has 9 nitrogen and oxygen atoms in total. The SMILES string of the molecule is CCOC(=O)C1=C(C)NC2=C(C(=O)CCC2)C1c1cc2c(cc1[N+](=O)[O-])OCO2. The Kier molecular flexibility index (Phi) is 4.73. The van der Waals surface area contributed by atoms with Gasteiger partial charge in [0.1, 0.15) is 0 Å². The summed E-state index contributed by atoms with van der Waals surface area (Å²) in [6, 6.07) is 2.78. The summed E-state index contributed by atoms with van der Waals surface area (Å²) in [6.07, 6.45) is 1.64. The van der Waals surface area contributed by atoms with E-state index in [1.807, 2.05) is 0 Å². The lowest BCUT2D eigenvalue weighted by Crippen LogP contribution is -2.34. The monoisotopic (exact) mass is 400 g/mol. The quantitative estimate of drug-likeness (QED) is 0.466. The molecule has 2 aliphatic heterocycles. The van der Waals surface area contributed by atoms with E-state index in [0.29, 0.717) is 42.0 Å². The third-order valence-electron chi connectivity index (χ3n) is 5.30. The third kappa shape index (κ3) is 3.12. The smallest absolute Gasteiger partial charge is 0.336 e. The number of ketones is 1. The molecule has 0 aromatic heterocycles. The Balaban J connectivity index is 1.97. The van der Waals surface area contributed by atoms with Crippen LogP contribution in [0.2, 0.25) is 0 Å². The molecule has 1 aliphatic carbocycles. The van der Waals surface area contributed by atoms with Crippen LogP contribution in [0.3, 0.4) is 0 Å². The minimum atomic E-state index is -0.909. The lowest BCUT2D eigenvalue weighted by molar-refractivity contribution is -0.385. The number of ether oxygens (including phenoxy) is 3. The van der Waals surface area contributed by atoms with Crippen LogP contribution in [-0.4, -0.2) is 30.1 Å². The maximum absolute atomic E-state index is 12.9. The molecule has 152 valence electrons. The van der Waals surface area contributed by atoms with E-state index in [2.05, 4.69) is 5.32 Å². The number of fused-ring (bicyclic) bond motifs is 1. The van der Waals surface area contributed by atoms with Crippen LogP contribution in [0.25, 0.3) is 0 Å². The van der Waals surface area contributed by atoms with Gasteiger partial charge in [0.05, 0.1) is 29.1 Å². The molecule has 0 saturated carbocycles. The molecule has 0 saturated heterocycles. The van der Waals surface area contributed by atoms with Gasteiger partial charge in [0.15, 0.2) is 17.3 Å². The molecule has 3 aliphatic rings. The largest absolute Gasteiger partial charge is 0.463 e. The second-order valence-corrected chi connectivity index (χ2v) is 7.01. The first kappa shape index (κ1) is 19.0. The summed E-state index contributed by atoms with van der Waals surface area (Å²) in [4.78, 5) is 37.0. The van der Waals surface area contributed by atoms with Crippen molar-refractivity contribution in [2.24, 2.45) is 0 Å². The molecule has 4 rings (SSSR count). The van der Waals surface area contributed by atoms with E-state index < -0.39 is 16.8 Å². The van der Waals surface area contributed by atoms with Gasteiger partial charge in [-0.2, -0.15) is 0 Å². The number of carbonyl (C=O) groups is 2. The van der Waals surface area contributed by atoms with Crippen molar-refractivity contribution in [3.05, 3.63) is 50.4 Å². The second kappa shape index (κ2) is 7.23. The normalized spacial score (nSPS) is 20.3. The van der Waals surface area contributed by atoms with Gasteiger partial charge in [-0.1, -0.05) is 0 Å². The standard InChI is InChI=1S/C20H20N2O7/c1-3-27-20(24)17-10(2)21-12-5-4-6-14(23)19(12)18(17)11-7-15-16(29-9-28-15)8-13(11)22(25)26/h7-8,18,21H,3-6,9H2,1-2H3. The molecular formula is C20H20N2O7. The summed E-state index contributed by atoms with van der Waals surface area (Å²) < 4.78 is 15.9. The summed E-state index contributed by atoms with van der Waals surface area (Å²) in [6.45, 7) is 3.49. The Labute approximate surface area is 166 Å². The highest BCUT2D eigenvalue weighted by atomic mass is 16.7. The predicted molar refractivity (Wildman–Crippen MR) is 100 cm³/mol. The van der Waals surface area contributed by atoms with E-state index >= 15 is 0 Å². The number of nitrogens with zero attached hydrogens (tertiary/aromatic N) is 1. The van der Waals surface area contributed by atoms with Gasteiger partial charge >= 0.3 is 5.97 Å². The molecule has 1 aromatic rings. The van der Waals surface area contributed by atoms with E-state index in [-0.39, 0.29) is 41.8 Å². The van der Waals surface area contributed by atoms with Crippen molar-refractivity contribution < 1.29 is 28.7 Å². The van der Waals surface area contributed by atoms with Gasteiger partial charge in [-0.15, -0.1) is 0 Å². The Hall–Kier alpha value is -3.36. The molecule has 0 bridgehead atoms. The molecule has 9 heteroatoms. The maximum atomic E-state index is 12.9. The van der Waals surface area contributed by atoms with Crippen molar-refractivity contribution >= 4 is 17.4 Å². The number of esters is 1. The van der Waals surface area contributed by atoms with Crippen LogP contribution in [-0.2, 0) is 14.3 Å². The summed E-state index contributed by atoms with van der Waals surface area (Å²) in [5.74, 6) is -1.05. The first-order valence-corrected chi connectivity index (χ1v) is 9.41. The van der Waals surface area contributed by atoms with Crippen molar-refractivity contribution in [3.63, 3.8) is 0 Å². The fourth-order valence-electron chi connectivity index (χ4n) is 4.11. The highest BCUT2D eigenvalue weighted by Gasteiger charge is 2.42. The van der Waals surface area contributed by atoms with Gasteiger partial charge in [0, 0.05) is 29.0 Å². The van der Waals surface area contributed by atoms with Crippen molar-refractivity contribution in [1.82, 2.24) is 5.32 Å². The molecule has 0 fully saturated rings. The van der Waals surface area contributed by atoms with Gasteiger partial charge < -0.3 is 19.5 Å². The summed E-state index contributed by atoms with van der Waals surface area (Å²) in [7, 11) is 0. The molecule has 1 atom stereocenters. The number of Topliss-reactive ketones (excluding diaryl/α,β-unsaturated/α-hetero) is 1. The zero-order valence-corrected chi connectivity index (χ0v) is 16.1. The van der Waals surface area contributed by atoms with Gasteiger partial charge in [0.25, 0.3) is 5.69 Å². The van der Waals surface area contributed by atoms with E-state index in [9.17, 15) is 19.7 Å². The average molecular weight is 400 g/mol. The van der Waals surface area contributed by atoms with Crippen molar-refractivity contribution in [2.45, 2.75) is 39.0 Å². The van der Waals surface area contributed by atoms with Crippen molar-refractivity contribution in [3.8, 4) is 11.5 Å². The number of rotatable bonds is 4. The Morgan fingerprint density at radius 2 is 2.03 bits per heavy atom. The van der Waals surface area contributed by atoms with Crippen LogP contribution in [0, 0.1) is 10.1 Å². The molecule has 0 spiro atoms. The average Bonchev–Trinajstić information content (AvgIpc) is 3.13. The molecular weight excluding hydrogens is 380 g/mol. The van der Waals surface area contributed by atoms with E-state index in [1.165, 1.54) is 12.1 Å². The lowest BCUT2D eigenvalue weighted by atomic mass is 9.74. The number of hydrogen-bond acceptors (Lipinski definition) is 8. The fourth-order valence-corrected chi connectivity index (χ4v) is 4.11. The molecule has 1 unspecified atom stereocenters. The molecule has 29 heavy (non-hydrogen) atoms. The third-order valence-corrected chi connectivity index (χ3v) is 5.30. The van der Waals surface area contributed by atoms with Gasteiger partial charge in [0.2, 0.25) is 6.79 Å². The van der Waals surface area contributed by atoms with Crippen LogP contribution >= 0.6 is 0 Å².